The lowest BCUT2D eigenvalue weighted by Crippen LogP contribution is -2.01. The molecule has 0 saturated heterocycles. The van der Waals surface area contributed by atoms with E-state index in [4.69, 9.17) is 34.9 Å². The predicted octanol–water partition coefficient (Wildman–Crippen LogP) is 29.3. The molecule has 0 amide bonds. The summed E-state index contributed by atoms with van der Waals surface area (Å²) in [6, 6.07) is 149. The van der Waals surface area contributed by atoms with Gasteiger partial charge in [-0.25, -0.2) is 34.9 Å². The van der Waals surface area contributed by atoms with E-state index in [9.17, 15) is 0 Å². The van der Waals surface area contributed by atoms with E-state index in [-0.39, 0.29) is 14.9 Å². The minimum atomic E-state index is 0. The maximum atomic E-state index is 5.48. The number of benzene rings is 17. The van der Waals surface area contributed by atoms with E-state index in [1.54, 1.807) is 0 Å². The van der Waals surface area contributed by atoms with Crippen LogP contribution in [0.2, 0.25) is 0 Å². The number of hydrogen-bond donors (Lipinski definition) is 0. The number of pyridine rings is 2. The second kappa shape index (κ2) is 31.1. The molecule has 10 heteroatoms. The summed E-state index contributed by atoms with van der Waals surface area (Å²) in [6.07, 6.45) is 0. The summed E-state index contributed by atoms with van der Waals surface area (Å²) in [5.41, 5.74) is 26.0. The van der Waals surface area contributed by atoms with Gasteiger partial charge in [0.1, 0.15) is 0 Å². The van der Waals surface area contributed by atoms with Crippen molar-refractivity contribution in [2.75, 3.05) is 0 Å². The van der Waals surface area contributed by atoms with Crippen LogP contribution < -0.4 is 0 Å². The molecule has 0 fully saturated rings. The second-order valence-electron chi connectivity index (χ2n) is 30.6. The lowest BCUT2D eigenvalue weighted by Gasteiger charge is -2.14. The second-order valence-corrected chi connectivity index (χ2v) is 30.6. The maximum absolute atomic E-state index is 5.48. The largest absolute Gasteiger partial charge is 0.309 e. The summed E-state index contributed by atoms with van der Waals surface area (Å²) in [4.78, 5) is 36.6. The molecule has 123 heavy (non-hydrogen) atoms. The van der Waals surface area contributed by atoms with Gasteiger partial charge in [-0.2, -0.15) is 0 Å². The highest BCUT2D eigenvalue weighted by molar-refractivity contribution is 6.27. The Hall–Kier alpha value is -16.4. The molecule has 7 heterocycles. The molecule has 0 aliphatic rings. The zero-order chi connectivity index (χ0) is 79.9. The average Bonchev–Trinajstić information content (AvgIpc) is 1.55. The van der Waals surface area contributed by atoms with E-state index in [2.05, 4.69) is 396 Å². The number of aromatic nitrogens is 10. The van der Waals surface area contributed by atoms with Crippen LogP contribution in [0.5, 0.6) is 0 Å². The number of rotatable bonds is 12. The fraction of sp³-hybridized carbons (Fsp3) is 0.0177. The first-order chi connectivity index (χ1) is 60.0. The summed E-state index contributed by atoms with van der Waals surface area (Å²) in [7, 11) is 0. The Balaban J connectivity index is 0.000000150. The Morgan fingerprint density at radius 2 is 0.439 bits per heavy atom. The minimum absolute atomic E-state index is 0. The Morgan fingerprint density at radius 1 is 0.171 bits per heavy atom. The summed E-state index contributed by atoms with van der Waals surface area (Å²) in [6.45, 7) is 0. The van der Waals surface area contributed by atoms with Crippen LogP contribution in [-0.4, -0.2) is 48.6 Å². The third kappa shape index (κ3) is 13.0. The Labute approximate surface area is 711 Å². The standard InChI is InChI=1S/C58H36N6.C53H34N4.2CH4/c1-3-16-38(17-4-1)53-52-47-23-11-14-26-51(47)64(55(52)48-36-31-37-15-7-8-20-44(37)54(48)59-53)43-34-29-41(30-35-43)58-61-56(39-18-5-2-6-19-39)60-57(62-58)40-27-32-42(33-28-40)63-49-24-12-9-21-45(49)46-22-10-13-25-50(46)63;1-4-14-35(15-5-1)36-24-26-39(27-25-36)47-34-46(38-17-6-2-7-18-38)54-53(55-47)41-28-31-42(32-29-41)57-48-23-13-12-22-44(48)49-50(40-19-8-3-9-20-40)56-51-43-21-11-10-16-37(43)30-33-45(51)52(49)57;;/h1-36H;1-34H;2*1H4. The first kappa shape index (κ1) is 74.1. The first-order valence-corrected chi connectivity index (χ1v) is 40.8. The van der Waals surface area contributed by atoms with Gasteiger partial charge in [-0.1, -0.05) is 336 Å². The van der Waals surface area contributed by atoms with Crippen LogP contribution in [0.1, 0.15) is 14.9 Å². The summed E-state index contributed by atoms with van der Waals surface area (Å²) in [5, 5.41) is 13.9. The lowest BCUT2D eigenvalue weighted by atomic mass is 10.00. The van der Waals surface area contributed by atoms with Gasteiger partial charge in [0.2, 0.25) is 0 Å². The molecule has 0 unspecified atom stereocenters. The smallest absolute Gasteiger partial charge is 0.164 e. The molecule has 0 N–H and O–H groups in total. The van der Waals surface area contributed by atoms with Gasteiger partial charge < -0.3 is 13.7 Å². The molecule has 10 nitrogen and oxygen atoms in total. The third-order valence-corrected chi connectivity index (χ3v) is 23.6. The van der Waals surface area contributed by atoms with Crippen molar-refractivity contribution in [3.8, 4) is 119 Å². The fourth-order valence-corrected chi connectivity index (χ4v) is 17.9. The van der Waals surface area contributed by atoms with Crippen LogP contribution in [0.4, 0.5) is 0 Å². The molecule has 24 rings (SSSR count). The third-order valence-electron chi connectivity index (χ3n) is 23.6. The Kier molecular flexibility index (Phi) is 18.8. The summed E-state index contributed by atoms with van der Waals surface area (Å²) >= 11 is 0. The van der Waals surface area contributed by atoms with Crippen LogP contribution in [0.15, 0.2) is 425 Å². The number of fused-ring (bicyclic) bond motifs is 17. The van der Waals surface area contributed by atoms with Gasteiger partial charge >= 0.3 is 0 Å². The molecular formula is C113H78N10. The molecule has 24 aromatic rings. The number of para-hydroxylation sites is 4. The summed E-state index contributed by atoms with van der Waals surface area (Å²) < 4.78 is 7.12. The molecule has 7 aromatic heterocycles. The first-order valence-electron chi connectivity index (χ1n) is 40.8. The summed E-state index contributed by atoms with van der Waals surface area (Å²) in [5.74, 6) is 2.53. The molecular weight excluding hydrogens is 1500 g/mol. The van der Waals surface area contributed by atoms with Gasteiger partial charge in [0.05, 0.1) is 66.9 Å². The van der Waals surface area contributed by atoms with Crippen molar-refractivity contribution in [3.05, 3.63) is 425 Å². The van der Waals surface area contributed by atoms with Gasteiger partial charge in [-0.3, -0.25) is 0 Å². The van der Waals surface area contributed by atoms with Crippen molar-refractivity contribution < 1.29 is 0 Å². The van der Waals surface area contributed by atoms with E-state index >= 15 is 0 Å². The van der Waals surface area contributed by atoms with E-state index in [0.29, 0.717) is 23.3 Å². The van der Waals surface area contributed by atoms with E-state index in [0.717, 1.165) is 155 Å². The zero-order valence-corrected chi connectivity index (χ0v) is 65.4. The topological polar surface area (TPSA) is 105 Å². The van der Waals surface area contributed by atoms with Gasteiger partial charge in [0.15, 0.2) is 23.3 Å². The van der Waals surface area contributed by atoms with Crippen LogP contribution in [-0.2, 0) is 0 Å². The lowest BCUT2D eigenvalue weighted by molar-refractivity contribution is 1.07. The van der Waals surface area contributed by atoms with Crippen molar-refractivity contribution in [2.45, 2.75) is 14.9 Å². The molecule has 0 atom stereocenters. The van der Waals surface area contributed by atoms with E-state index in [1.165, 1.54) is 49.1 Å². The van der Waals surface area contributed by atoms with E-state index in [1.807, 2.05) is 42.5 Å². The molecule has 17 aromatic carbocycles. The van der Waals surface area contributed by atoms with Crippen LogP contribution in [0, 0.1) is 0 Å². The molecule has 0 saturated carbocycles. The van der Waals surface area contributed by atoms with Gasteiger partial charge in [0.25, 0.3) is 0 Å². The highest BCUT2D eigenvalue weighted by atomic mass is 15.0. The molecule has 0 aliphatic heterocycles. The Bertz CT molecular complexity index is 8080. The quantitative estimate of drug-likeness (QED) is 0.112. The molecule has 580 valence electrons. The van der Waals surface area contributed by atoms with Gasteiger partial charge in [-0.05, 0) is 125 Å². The maximum Gasteiger partial charge on any atom is 0.164 e. The van der Waals surface area contributed by atoms with E-state index < -0.39 is 0 Å². The molecule has 0 aliphatic carbocycles. The van der Waals surface area contributed by atoms with Crippen molar-refractivity contribution in [2.24, 2.45) is 0 Å². The highest BCUT2D eigenvalue weighted by Crippen LogP contribution is 2.46. The Morgan fingerprint density at radius 3 is 0.837 bits per heavy atom. The normalized spacial score (nSPS) is 11.4. The van der Waals surface area contributed by atoms with Crippen LogP contribution >= 0.6 is 0 Å². The minimum Gasteiger partial charge on any atom is -0.309 e. The SMILES string of the molecule is C.C.c1ccc(-c2ccc(-c3cc(-c4ccccc4)nc(-c4ccc(-n5c6ccccc6c6c(-c7ccccc7)nc7c8ccccc8ccc7c65)cc4)n3)cc2)cc1.c1ccc(-c2nc(-c3ccc(-n4c5ccccc5c5ccccc54)cc3)nc(-c3ccc(-n4c5ccccc5c5c(-c6ccccc6)nc6c7ccccc7ccc6c54)cc3)n2)cc1. The highest BCUT2D eigenvalue weighted by Gasteiger charge is 2.26. The molecule has 0 bridgehead atoms. The van der Waals surface area contributed by atoms with Gasteiger partial charge in [-0.15, -0.1) is 0 Å². The fourth-order valence-electron chi connectivity index (χ4n) is 17.9. The van der Waals surface area contributed by atoms with Crippen molar-refractivity contribution in [1.29, 1.82) is 0 Å². The zero-order valence-electron chi connectivity index (χ0n) is 65.4. The number of nitrogens with zero attached hydrogens (tertiary/aromatic N) is 10. The average molecular weight is 1580 g/mol. The molecule has 0 radical (unpaired) electrons. The number of hydrogen-bond acceptors (Lipinski definition) is 7. The monoisotopic (exact) mass is 1570 g/mol. The van der Waals surface area contributed by atoms with Crippen LogP contribution in [0.25, 0.3) is 228 Å². The molecule has 0 spiro atoms. The van der Waals surface area contributed by atoms with Crippen molar-refractivity contribution in [1.82, 2.24) is 48.6 Å². The van der Waals surface area contributed by atoms with Crippen molar-refractivity contribution >= 4 is 109 Å². The van der Waals surface area contributed by atoms with Crippen molar-refractivity contribution in [3.63, 3.8) is 0 Å². The van der Waals surface area contributed by atoms with Crippen LogP contribution in [0.3, 0.4) is 0 Å². The van der Waals surface area contributed by atoms with Gasteiger partial charge in [0, 0.05) is 115 Å². The predicted molar refractivity (Wildman–Crippen MR) is 513 cm³/mol.